The number of hydrogen-bond acceptors (Lipinski definition) is 5. The molecule has 1 N–H and O–H groups in total. The fraction of sp³-hybridized carbons (Fsp3) is 0.429. The van der Waals surface area contributed by atoms with Crippen molar-refractivity contribution in [1.29, 1.82) is 0 Å². The van der Waals surface area contributed by atoms with E-state index in [1.807, 2.05) is 30.8 Å². The maximum atomic E-state index is 12.5. The Balaban J connectivity index is 1.64. The molecule has 1 aromatic carbocycles. The first-order chi connectivity index (χ1) is 13.1. The predicted octanol–water partition coefficient (Wildman–Crippen LogP) is 4.37. The van der Waals surface area contributed by atoms with Crippen molar-refractivity contribution in [2.75, 3.05) is 34.8 Å². The smallest absolute Gasteiger partial charge is 0.257 e. The molecule has 1 aromatic heterocycles. The summed E-state index contributed by atoms with van der Waals surface area (Å²) in [4.78, 5) is 19.1. The van der Waals surface area contributed by atoms with E-state index in [1.165, 1.54) is 5.69 Å². The number of thioether (sulfide) groups is 1. The summed E-state index contributed by atoms with van der Waals surface area (Å²) in [5.74, 6) is 2.56. The molecule has 1 saturated heterocycles. The largest absolute Gasteiger partial charge is 0.473 e. The SMILES string of the molecule is CCN(CC)c1ccc(NC(=O)c2ccc(OC3CCSC3)nc2)c(C)c1. The first-order valence-corrected chi connectivity index (χ1v) is 10.6. The van der Waals surface area contributed by atoms with Gasteiger partial charge in [-0.15, -0.1) is 0 Å². The van der Waals surface area contributed by atoms with E-state index in [1.54, 1.807) is 18.3 Å². The number of hydrogen-bond donors (Lipinski definition) is 1. The summed E-state index contributed by atoms with van der Waals surface area (Å²) in [6.07, 6.45) is 2.86. The van der Waals surface area contributed by atoms with Gasteiger partial charge in [0.15, 0.2) is 0 Å². The van der Waals surface area contributed by atoms with Gasteiger partial charge in [0.1, 0.15) is 6.10 Å². The van der Waals surface area contributed by atoms with Crippen molar-refractivity contribution in [3.8, 4) is 5.88 Å². The Kier molecular flexibility index (Phi) is 6.61. The lowest BCUT2D eigenvalue weighted by Crippen LogP contribution is -2.22. The van der Waals surface area contributed by atoms with Gasteiger partial charge in [-0.1, -0.05) is 0 Å². The monoisotopic (exact) mass is 385 g/mol. The van der Waals surface area contributed by atoms with Gasteiger partial charge in [-0.3, -0.25) is 4.79 Å². The summed E-state index contributed by atoms with van der Waals surface area (Å²) >= 11 is 1.90. The van der Waals surface area contributed by atoms with Crippen LogP contribution >= 0.6 is 11.8 Å². The number of amides is 1. The fourth-order valence-electron chi connectivity index (χ4n) is 3.13. The molecule has 1 fully saturated rings. The van der Waals surface area contributed by atoms with Gasteiger partial charge in [0.05, 0.1) is 5.56 Å². The van der Waals surface area contributed by atoms with Gasteiger partial charge in [-0.25, -0.2) is 4.98 Å². The number of ether oxygens (including phenoxy) is 1. The minimum Gasteiger partial charge on any atom is -0.473 e. The number of aryl methyl sites for hydroxylation is 1. The molecule has 5 nitrogen and oxygen atoms in total. The Bertz CT molecular complexity index is 769. The van der Waals surface area contributed by atoms with Crippen molar-refractivity contribution in [1.82, 2.24) is 4.98 Å². The fourth-order valence-corrected chi connectivity index (χ4v) is 4.22. The average Bonchev–Trinajstić information content (AvgIpc) is 3.18. The Hall–Kier alpha value is -2.21. The number of pyridine rings is 1. The van der Waals surface area contributed by atoms with Crippen LogP contribution in [0.1, 0.15) is 36.2 Å². The number of carbonyl (C=O) groups excluding carboxylic acids is 1. The zero-order valence-corrected chi connectivity index (χ0v) is 17.0. The van der Waals surface area contributed by atoms with E-state index in [0.717, 1.165) is 42.3 Å². The number of anilines is 2. The molecular weight excluding hydrogens is 358 g/mol. The Morgan fingerprint density at radius 3 is 2.70 bits per heavy atom. The molecule has 1 unspecified atom stereocenters. The first kappa shape index (κ1) is 19.5. The molecule has 144 valence electrons. The van der Waals surface area contributed by atoms with Gasteiger partial charge in [0.25, 0.3) is 5.91 Å². The summed E-state index contributed by atoms with van der Waals surface area (Å²) in [7, 11) is 0. The van der Waals surface area contributed by atoms with Crippen molar-refractivity contribution in [3.05, 3.63) is 47.7 Å². The van der Waals surface area contributed by atoms with Gasteiger partial charge in [0, 0.05) is 42.5 Å². The third-order valence-electron chi connectivity index (χ3n) is 4.76. The molecule has 1 amide bonds. The zero-order valence-electron chi connectivity index (χ0n) is 16.2. The molecule has 2 heterocycles. The van der Waals surface area contributed by atoms with Crippen LogP contribution in [0.4, 0.5) is 11.4 Å². The van der Waals surface area contributed by atoms with Crippen molar-refractivity contribution in [2.45, 2.75) is 33.3 Å². The van der Waals surface area contributed by atoms with E-state index < -0.39 is 0 Å². The van der Waals surface area contributed by atoms with Crippen LogP contribution in [-0.2, 0) is 0 Å². The zero-order chi connectivity index (χ0) is 19.2. The number of carbonyl (C=O) groups is 1. The summed E-state index contributed by atoms with van der Waals surface area (Å²) in [5.41, 5.74) is 3.55. The summed E-state index contributed by atoms with van der Waals surface area (Å²) in [5, 5.41) is 2.98. The Morgan fingerprint density at radius 2 is 2.11 bits per heavy atom. The lowest BCUT2D eigenvalue weighted by molar-refractivity contribution is 0.102. The van der Waals surface area contributed by atoms with Crippen LogP contribution in [0, 0.1) is 6.92 Å². The second-order valence-electron chi connectivity index (χ2n) is 6.61. The second-order valence-corrected chi connectivity index (χ2v) is 7.76. The number of nitrogens with zero attached hydrogens (tertiary/aromatic N) is 2. The van der Waals surface area contributed by atoms with E-state index in [2.05, 4.69) is 35.1 Å². The van der Waals surface area contributed by atoms with Crippen LogP contribution in [0.25, 0.3) is 0 Å². The Labute approximate surface area is 165 Å². The predicted molar refractivity (Wildman–Crippen MR) is 113 cm³/mol. The highest BCUT2D eigenvalue weighted by molar-refractivity contribution is 7.99. The molecule has 1 aliphatic heterocycles. The van der Waals surface area contributed by atoms with E-state index in [4.69, 9.17) is 4.74 Å². The van der Waals surface area contributed by atoms with Gasteiger partial charge in [0.2, 0.25) is 5.88 Å². The summed E-state index contributed by atoms with van der Waals surface area (Å²) < 4.78 is 5.84. The van der Waals surface area contributed by atoms with Crippen molar-refractivity contribution in [2.24, 2.45) is 0 Å². The molecule has 0 radical (unpaired) electrons. The van der Waals surface area contributed by atoms with Crippen LogP contribution in [-0.4, -0.2) is 41.6 Å². The number of rotatable bonds is 7. The molecular formula is C21H27N3O2S. The standard InChI is InChI=1S/C21H27N3O2S/c1-4-24(5-2)17-7-8-19(15(3)12-17)23-21(25)16-6-9-20(22-13-16)26-18-10-11-27-14-18/h6-9,12-13,18H,4-5,10-11,14H2,1-3H3,(H,23,25). The topological polar surface area (TPSA) is 54.5 Å². The van der Waals surface area contributed by atoms with E-state index in [9.17, 15) is 4.79 Å². The third kappa shape index (κ3) is 4.95. The molecule has 1 atom stereocenters. The first-order valence-electron chi connectivity index (χ1n) is 9.48. The number of benzene rings is 1. The van der Waals surface area contributed by atoms with Gasteiger partial charge in [-0.05, 0) is 62.8 Å². The van der Waals surface area contributed by atoms with Crippen molar-refractivity contribution < 1.29 is 9.53 Å². The molecule has 1 aliphatic rings. The molecule has 0 saturated carbocycles. The summed E-state index contributed by atoms with van der Waals surface area (Å²) in [6.45, 7) is 8.21. The molecule has 27 heavy (non-hydrogen) atoms. The molecule has 0 bridgehead atoms. The molecule has 2 aromatic rings. The average molecular weight is 386 g/mol. The second kappa shape index (κ2) is 9.13. The molecule has 0 spiro atoms. The van der Waals surface area contributed by atoms with Crippen molar-refractivity contribution in [3.63, 3.8) is 0 Å². The Morgan fingerprint density at radius 1 is 1.30 bits per heavy atom. The molecule has 0 aliphatic carbocycles. The lowest BCUT2D eigenvalue weighted by Gasteiger charge is -2.22. The highest BCUT2D eigenvalue weighted by Crippen LogP contribution is 2.24. The lowest BCUT2D eigenvalue weighted by atomic mass is 10.1. The number of aromatic nitrogens is 1. The van der Waals surface area contributed by atoms with E-state index >= 15 is 0 Å². The maximum Gasteiger partial charge on any atom is 0.257 e. The van der Waals surface area contributed by atoms with Crippen LogP contribution in [0.2, 0.25) is 0 Å². The maximum absolute atomic E-state index is 12.5. The molecule has 6 heteroatoms. The minimum absolute atomic E-state index is 0.163. The minimum atomic E-state index is -0.163. The summed E-state index contributed by atoms with van der Waals surface area (Å²) in [6, 6.07) is 9.65. The van der Waals surface area contributed by atoms with E-state index in [0.29, 0.717) is 11.4 Å². The normalized spacial score (nSPS) is 16.2. The van der Waals surface area contributed by atoms with Crippen LogP contribution in [0.3, 0.4) is 0 Å². The van der Waals surface area contributed by atoms with Crippen LogP contribution < -0.4 is 15.0 Å². The number of nitrogens with one attached hydrogen (secondary N) is 1. The van der Waals surface area contributed by atoms with E-state index in [-0.39, 0.29) is 12.0 Å². The van der Waals surface area contributed by atoms with Crippen molar-refractivity contribution >= 4 is 29.0 Å². The highest BCUT2D eigenvalue weighted by atomic mass is 32.2. The highest BCUT2D eigenvalue weighted by Gasteiger charge is 2.18. The van der Waals surface area contributed by atoms with Crippen LogP contribution in [0.15, 0.2) is 36.5 Å². The van der Waals surface area contributed by atoms with Gasteiger partial charge < -0.3 is 15.0 Å². The third-order valence-corrected chi connectivity index (χ3v) is 5.89. The molecule has 3 rings (SSSR count). The van der Waals surface area contributed by atoms with Crippen LogP contribution in [0.5, 0.6) is 5.88 Å². The van der Waals surface area contributed by atoms with Gasteiger partial charge >= 0.3 is 0 Å². The van der Waals surface area contributed by atoms with Gasteiger partial charge in [-0.2, -0.15) is 11.8 Å². The quantitative estimate of drug-likeness (QED) is 0.767.